The summed E-state index contributed by atoms with van der Waals surface area (Å²) >= 11 is 0. The number of fused-ring (bicyclic) bond motifs is 1. The van der Waals surface area contributed by atoms with Crippen LogP contribution >= 0.6 is 0 Å². The van der Waals surface area contributed by atoms with E-state index in [1.165, 1.54) is 33.7 Å². The Morgan fingerprint density at radius 1 is 1.17 bits per heavy atom. The third-order valence-corrected chi connectivity index (χ3v) is 5.09. The summed E-state index contributed by atoms with van der Waals surface area (Å²) in [6, 6.07) is 10.5. The average Bonchev–Trinajstić information content (AvgIpc) is 3.26. The lowest BCUT2D eigenvalue weighted by atomic mass is 10.0. The molecule has 158 valence electrons. The lowest BCUT2D eigenvalue weighted by molar-refractivity contribution is -0.274. The predicted molar refractivity (Wildman–Crippen MR) is 100 cm³/mol. The maximum absolute atomic E-state index is 12.3. The van der Waals surface area contributed by atoms with Gasteiger partial charge in [-0.25, -0.2) is 9.59 Å². The van der Waals surface area contributed by atoms with Gasteiger partial charge in [0.1, 0.15) is 5.75 Å². The van der Waals surface area contributed by atoms with Crippen molar-refractivity contribution < 1.29 is 32.2 Å². The molecule has 1 amide bonds. The molecule has 1 atom stereocenters. The van der Waals surface area contributed by atoms with Crippen LogP contribution in [0.5, 0.6) is 5.75 Å². The van der Waals surface area contributed by atoms with Crippen LogP contribution in [-0.2, 0) is 6.54 Å². The molecule has 30 heavy (non-hydrogen) atoms. The normalized spacial score (nSPS) is 16.9. The number of hydrogen-bond acceptors (Lipinski definition) is 4. The highest BCUT2D eigenvalue weighted by atomic mass is 19.4. The topological polar surface area (TPSA) is 84.9 Å². The van der Waals surface area contributed by atoms with Crippen LogP contribution in [0.25, 0.3) is 22.2 Å². The number of aromatic nitrogens is 1. The molecule has 2 heterocycles. The van der Waals surface area contributed by atoms with E-state index in [1.807, 2.05) is 0 Å². The largest absolute Gasteiger partial charge is 0.573 e. The van der Waals surface area contributed by atoms with Crippen molar-refractivity contribution in [3.05, 3.63) is 53.0 Å². The molecule has 10 heteroatoms. The smallest absolute Gasteiger partial charge is 0.465 e. The Kier molecular flexibility index (Phi) is 4.92. The maximum Gasteiger partial charge on any atom is 0.573 e. The number of nitrogens with zero attached hydrogens (tertiary/aromatic N) is 2. The molecule has 0 spiro atoms. The minimum Gasteiger partial charge on any atom is -0.465 e. The first-order chi connectivity index (χ1) is 14.2. The minimum atomic E-state index is -4.76. The van der Waals surface area contributed by atoms with Gasteiger partial charge in [0.05, 0.1) is 5.52 Å². The van der Waals surface area contributed by atoms with Crippen molar-refractivity contribution in [3.8, 4) is 16.9 Å². The summed E-state index contributed by atoms with van der Waals surface area (Å²) in [4.78, 5) is 24.7. The van der Waals surface area contributed by atoms with Gasteiger partial charge in [-0.15, -0.1) is 13.2 Å². The van der Waals surface area contributed by atoms with Crippen LogP contribution in [0, 0.1) is 5.92 Å². The van der Waals surface area contributed by atoms with Gasteiger partial charge in [-0.3, -0.25) is 4.57 Å². The van der Waals surface area contributed by atoms with Crippen molar-refractivity contribution in [1.82, 2.24) is 9.47 Å². The van der Waals surface area contributed by atoms with Crippen molar-refractivity contribution in [1.29, 1.82) is 0 Å². The highest BCUT2D eigenvalue weighted by molar-refractivity contribution is 5.80. The first kappa shape index (κ1) is 19.9. The molecule has 0 aliphatic carbocycles. The number of benzene rings is 2. The summed E-state index contributed by atoms with van der Waals surface area (Å²) in [6.07, 6.45) is -5.10. The lowest BCUT2D eigenvalue weighted by Crippen LogP contribution is -2.28. The molecule has 1 aliphatic heterocycles. The Labute approximate surface area is 167 Å². The second-order valence-electron chi connectivity index (χ2n) is 7.12. The van der Waals surface area contributed by atoms with Crippen molar-refractivity contribution in [2.45, 2.75) is 19.3 Å². The standard InChI is InChI=1S/C20H17F3N2O5/c21-20(22,23)30-15-4-1-13(2-5-15)14-3-6-17-16(9-14)25(19(28)29-17)11-12-7-8-24(10-12)18(26)27/h1-6,9,12H,7-8,10-11H2,(H,26,27)/t12-/m1/s1. The number of carboxylic acid groups (broad SMARTS) is 1. The van der Waals surface area contributed by atoms with Gasteiger partial charge in [-0.1, -0.05) is 18.2 Å². The van der Waals surface area contributed by atoms with Gasteiger partial charge >= 0.3 is 18.2 Å². The number of likely N-dealkylation sites (tertiary alicyclic amines) is 1. The predicted octanol–water partition coefficient (Wildman–Crippen LogP) is 4.16. The minimum absolute atomic E-state index is 0.0120. The van der Waals surface area contributed by atoms with E-state index in [0.717, 1.165) is 0 Å². The van der Waals surface area contributed by atoms with Gasteiger partial charge in [0.25, 0.3) is 0 Å². The van der Waals surface area contributed by atoms with Gasteiger partial charge in [0.15, 0.2) is 5.58 Å². The third kappa shape index (κ3) is 4.12. The molecule has 1 aromatic heterocycles. The molecule has 0 radical (unpaired) electrons. The number of ether oxygens (including phenoxy) is 1. The molecule has 0 saturated carbocycles. The zero-order valence-electron chi connectivity index (χ0n) is 15.6. The summed E-state index contributed by atoms with van der Waals surface area (Å²) in [5, 5.41) is 9.10. The zero-order valence-corrected chi connectivity index (χ0v) is 15.6. The van der Waals surface area contributed by atoms with Gasteiger partial charge < -0.3 is 19.2 Å². The van der Waals surface area contributed by atoms with Crippen molar-refractivity contribution in [2.24, 2.45) is 5.92 Å². The van der Waals surface area contributed by atoms with Gasteiger partial charge in [-0.2, -0.15) is 0 Å². The van der Waals surface area contributed by atoms with E-state index >= 15 is 0 Å². The van der Waals surface area contributed by atoms with E-state index in [2.05, 4.69) is 4.74 Å². The Hall–Kier alpha value is -3.43. The van der Waals surface area contributed by atoms with Crippen LogP contribution in [0.2, 0.25) is 0 Å². The molecule has 2 aromatic carbocycles. The first-order valence-corrected chi connectivity index (χ1v) is 9.17. The Morgan fingerprint density at radius 2 is 1.87 bits per heavy atom. The van der Waals surface area contributed by atoms with Crippen LogP contribution in [0.1, 0.15) is 6.42 Å². The summed E-state index contributed by atoms with van der Waals surface area (Å²) in [5.74, 6) is -0.872. The molecule has 0 unspecified atom stereocenters. The fraction of sp³-hybridized carbons (Fsp3) is 0.300. The second-order valence-corrected chi connectivity index (χ2v) is 7.12. The van der Waals surface area contributed by atoms with Gasteiger partial charge in [0, 0.05) is 19.6 Å². The molecule has 4 rings (SSSR count). The third-order valence-electron chi connectivity index (χ3n) is 5.09. The quantitative estimate of drug-likeness (QED) is 0.683. The van der Waals surface area contributed by atoms with Gasteiger partial charge in [-0.05, 0) is 47.7 Å². The molecule has 3 aromatic rings. The first-order valence-electron chi connectivity index (χ1n) is 9.17. The van der Waals surface area contributed by atoms with Crippen LogP contribution in [-0.4, -0.2) is 40.1 Å². The van der Waals surface area contributed by atoms with Crippen LogP contribution in [0.4, 0.5) is 18.0 Å². The highest BCUT2D eigenvalue weighted by Crippen LogP contribution is 2.29. The zero-order chi connectivity index (χ0) is 21.5. The molecule has 1 saturated heterocycles. The Morgan fingerprint density at radius 3 is 2.50 bits per heavy atom. The monoisotopic (exact) mass is 422 g/mol. The number of oxazole rings is 1. The van der Waals surface area contributed by atoms with E-state index in [0.29, 0.717) is 48.3 Å². The fourth-order valence-corrected chi connectivity index (χ4v) is 3.68. The molecule has 1 aliphatic rings. The van der Waals surface area contributed by atoms with E-state index in [4.69, 9.17) is 9.52 Å². The highest BCUT2D eigenvalue weighted by Gasteiger charge is 2.31. The fourth-order valence-electron chi connectivity index (χ4n) is 3.68. The SMILES string of the molecule is O=C(O)N1CC[C@@H](Cn2c(=O)oc3ccc(-c4ccc(OC(F)(F)F)cc4)cc32)C1. The number of amides is 1. The summed E-state index contributed by atoms with van der Waals surface area (Å²) in [6.45, 7) is 1.08. The van der Waals surface area contributed by atoms with Crippen molar-refractivity contribution >= 4 is 17.2 Å². The molecule has 1 N–H and O–H groups in total. The summed E-state index contributed by atoms with van der Waals surface area (Å²) < 4.78 is 47.6. The number of halogens is 3. The molecular formula is C20H17F3N2O5. The molecule has 1 fully saturated rings. The van der Waals surface area contributed by atoms with Crippen LogP contribution in [0.3, 0.4) is 0 Å². The van der Waals surface area contributed by atoms with Gasteiger partial charge in [0.2, 0.25) is 0 Å². The Bertz CT molecular complexity index is 1130. The van der Waals surface area contributed by atoms with E-state index in [1.54, 1.807) is 18.2 Å². The summed E-state index contributed by atoms with van der Waals surface area (Å²) in [7, 11) is 0. The number of rotatable bonds is 4. The van der Waals surface area contributed by atoms with E-state index < -0.39 is 18.2 Å². The Balaban J connectivity index is 1.60. The van der Waals surface area contributed by atoms with E-state index in [9.17, 15) is 22.8 Å². The summed E-state index contributed by atoms with van der Waals surface area (Å²) in [5.41, 5.74) is 2.26. The maximum atomic E-state index is 12.3. The van der Waals surface area contributed by atoms with Crippen molar-refractivity contribution in [2.75, 3.05) is 13.1 Å². The lowest BCUT2D eigenvalue weighted by Gasteiger charge is -2.12. The van der Waals surface area contributed by atoms with Crippen molar-refractivity contribution in [3.63, 3.8) is 0 Å². The van der Waals surface area contributed by atoms with Crippen LogP contribution < -0.4 is 10.5 Å². The molecule has 0 bridgehead atoms. The number of hydrogen-bond donors (Lipinski definition) is 1. The molecular weight excluding hydrogens is 405 g/mol. The van der Waals surface area contributed by atoms with Crippen LogP contribution in [0.15, 0.2) is 51.7 Å². The average molecular weight is 422 g/mol. The van der Waals surface area contributed by atoms with E-state index in [-0.39, 0.29) is 11.7 Å². The second kappa shape index (κ2) is 7.43. The number of alkyl halides is 3. The molecule has 7 nitrogen and oxygen atoms in total. The number of carbonyl (C=O) groups is 1.